The molecule has 0 aliphatic heterocycles. The molecule has 0 unspecified atom stereocenters. The first-order valence-corrected chi connectivity index (χ1v) is 18.3. The highest BCUT2D eigenvalue weighted by Gasteiger charge is 2.54. The van der Waals surface area contributed by atoms with Gasteiger partial charge in [0.15, 0.2) is 0 Å². The number of rotatable bonds is 11. The van der Waals surface area contributed by atoms with Gasteiger partial charge in [-0.25, -0.2) is 9.36 Å². The molecule has 0 spiro atoms. The summed E-state index contributed by atoms with van der Waals surface area (Å²) in [6.45, 7) is 2.58. The maximum Gasteiger partial charge on any atom is 0.466 e. The Morgan fingerprint density at radius 3 is 2.19 bits per heavy atom. The van der Waals surface area contributed by atoms with Gasteiger partial charge in [-0.05, 0) is 92.0 Å². The molecule has 9 atom stereocenters. The van der Waals surface area contributed by atoms with E-state index in [1.807, 2.05) is 12.1 Å². The van der Waals surface area contributed by atoms with Crippen LogP contribution in [-0.2, 0) is 11.0 Å². The minimum absolute atomic E-state index is 0.0936. The fourth-order valence-corrected chi connectivity index (χ4v) is 7.56. The first-order chi connectivity index (χ1) is 22.0. The smallest absolute Gasteiger partial charge is 0.410 e. The van der Waals surface area contributed by atoms with Crippen LogP contribution in [0.1, 0.15) is 56.1 Å². The molecule has 2 saturated carbocycles. The molecule has 1 amide bonds. The minimum Gasteiger partial charge on any atom is -0.410 e. The topological polar surface area (TPSA) is 241 Å². The Hall–Kier alpha value is -1.10. The number of carbonyl (C=O) groups is 1. The predicted molar refractivity (Wildman–Crippen MR) is 175 cm³/mol. The molecule has 3 aliphatic carbocycles. The van der Waals surface area contributed by atoms with E-state index in [1.54, 1.807) is 11.9 Å². The number of hydrogen-bond acceptors (Lipinski definition) is 10. The predicted octanol–water partition coefficient (Wildman–Crippen LogP) is 0.895. The summed E-state index contributed by atoms with van der Waals surface area (Å²) in [6.07, 6.45) is 0.333. The monoisotopic (exact) mass is 732 g/mol. The molecular weight excluding hydrogens is 682 g/mol. The van der Waals surface area contributed by atoms with Crippen molar-refractivity contribution in [1.29, 1.82) is 0 Å². The highest BCUT2D eigenvalue weighted by atomic mass is 35.5. The number of nitrogens with one attached hydrogen (secondary N) is 1. The van der Waals surface area contributed by atoms with Crippen LogP contribution in [0.5, 0.6) is 5.75 Å². The Kier molecular flexibility index (Phi) is 17.3. The summed E-state index contributed by atoms with van der Waals surface area (Å²) in [5.41, 5.74) is 2.82. The quantitative estimate of drug-likeness (QED) is 0.113. The van der Waals surface area contributed by atoms with Crippen LogP contribution in [0.15, 0.2) is 18.2 Å². The highest BCUT2D eigenvalue weighted by molar-refractivity contribution is 7.45. The molecule has 0 aromatic heterocycles. The molecule has 0 bridgehead atoms. The number of halogens is 2. The van der Waals surface area contributed by atoms with Crippen LogP contribution < -0.4 is 10.1 Å². The second-order valence-corrected chi connectivity index (χ2v) is 14.3. The lowest BCUT2D eigenvalue weighted by Crippen LogP contribution is -2.48. The first-order valence-electron chi connectivity index (χ1n) is 15.7. The second-order valence-electron chi connectivity index (χ2n) is 12.5. The summed E-state index contributed by atoms with van der Waals surface area (Å²) in [5, 5.41) is 58.0. The van der Waals surface area contributed by atoms with E-state index in [-0.39, 0.29) is 18.1 Å². The minimum atomic E-state index is -4.64. The molecule has 14 nitrogen and oxygen atoms in total. The summed E-state index contributed by atoms with van der Waals surface area (Å²) in [4.78, 5) is 35.5. The average molecular weight is 734 g/mol. The third-order valence-electron chi connectivity index (χ3n) is 9.56. The molecule has 2 fully saturated rings. The van der Waals surface area contributed by atoms with Crippen LogP contribution in [-0.4, -0.2) is 132 Å². The maximum absolute atomic E-state index is 12.4. The zero-order valence-electron chi connectivity index (χ0n) is 26.7. The molecule has 17 heteroatoms. The van der Waals surface area contributed by atoms with E-state index >= 15 is 0 Å². The molecule has 3 aliphatic rings. The van der Waals surface area contributed by atoms with Crippen LogP contribution >= 0.6 is 31.0 Å². The number of aliphatic hydroxyl groups excluding tert-OH is 6. The molecule has 1 aromatic carbocycles. The fourth-order valence-electron chi connectivity index (χ4n) is 7.15. The van der Waals surface area contributed by atoms with E-state index in [1.165, 1.54) is 11.1 Å². The molecular formula is C30H51Cl2N2O12P. The molecule has 4 rings (SSSR count). The van der Waals surface area contributed by atoms with E-state index in [9.17, 15) is 15.0 Å². The molecule has 272 valence electrons. The number of benzene rings is 1. The second kappa shape index (κ2) is 19.3. The van der Waals surface area contributed by atoms with Crippen molar-refractivity contribution in [3.05, 3.63) is 29.3 Å². The SMILES string of the molecule is CNC[C@H](O)[C@@H](O)[C@H](O)[C@H](O)CO.C[C@]12CC[C@@H]3c4ccc(OC(=O)N(CCCl)CCCl)cc4CC[C@H]3[C@@H]1CC[C@@H]2O.O=P(O)(O)O. The van der Waals surface area contributed by atoms with Gasteiger partial charge >= 0.3 is 13.9 Å². The van der Waals surface area contributed by atoms with Gasteiger partial charge in [0.05, 0.1) is 18.8 Å². The van der Waals surface area contributed by atoms with Gasteiger partial charge in [0.25, 0.3) is 0 Å². The lowest BCUT2D eigenvalue weighted by molar-refractivity contribution is -0.113. The summed E-state index contributed by atoms with van der Waals surface area (Å²) >= 11 is 11.6. The van der Waals surface area contributed by atoms with Crippen molar-refractivity contribution in [2.75, 3.05) is 45.0 Å². The Morgan fingerprint density at radius 2 is 1.64 bits per heavy atom. The summed E-state index contributed by atoms with van der Waals surface area (Å²) in [6, 6.07) is 6.13. The van der Waals surface area contributed by atoms with Crippen molar-refractivity contribution < 1.29 is 59.4 Å². The van der Waals surface area contributed by atoms with E-state index in [0.29, 0.717) is 48.4 Å². The number of nitrogens with zero attached hydrogens (tertiary/aromatic N) is 1. The normalized spacial score (nSPS) is 27.3. The number of aliphatic hydroxyl groups is 6. The van der Waals surface area contributed by atoms with Crippen molar-refractivity contribution in [2.45, 2.75) is 81.9 Å². The lowest BCUT2D eigenvalue weighted by atomic mass is 9.55. The molecule has 0 saturated heterocycles. The molecule has 1 aromatic rings. The van der Waals surface area contributed by atoms with Crippen molar-refractivity contribution in [2.24, 2.45) is 17.3 Å². The van der Waals surface area contributed by atoms with Gasteiger partial charge in [-0.15, -0.1) is 23.2 Å². The zero-order chi connectivity index (χ0) is 35.5. The van der Waals surface area contributed by atoms with Crippen LogP contribution in [0.2, 0.25) is 0 Å². The van der Waals surface area contributed by atoms with Gasteiger partial charge in [-0.3, -0.25) is 0 Å². The van der Waals surface area contributed by atoms with E-state index < -0.39 is 44.9 Å². The number of amides is 1. The standard InChI is InChI=1S/C23H31Cl2NO3.C7H17NO5.H3O4P/c1-23-9-8-18-17-5-3-16(29-22(28)26(12-10-24)13-11-25)14-15(17)2-4-19(18)20(23)6-7-21(23)27;1-8-2-4(10)6(12)7(13)5(11)3-9;1-5(2,3)4/h3,5,14,18-21,27H,2,4,6-13H2,1H3;4-13H,2-3H2,1H3;(H3,1,2,3,4)/t18-,19-,20+,21+,23+;4-,5+,6+,7+;/m10./s1. The van der Waals surface area contributed by atoms with Crippen molar-refractivity contribution >= 4 is 37.1 Å². The lowest BCUT2D eigenvalue weighted by Gasteiger charge is -2.50. The number of fused-ring (bicyclic) bond motifs is 5. The molecule has 0 radical (unpaired) electrons. The van der Waals surface area contributed by atoms with E-state index in [0.717, 1.165) is 38.5 Å². The first kappa shape index (κ1) is 42.1. The Balaban J connectivity index is 0.000000356. The van der Waals surface area contributed by atoms with Crippen molar-refractivity contribution in [3.8, 4) is 5.75 Å². The summed E-state index contributed by atoms with van der Waals surface area (Å²) < 4.78 is 14.5. The van der Waals surface area contributed by atoms with Gasteiger partial charge < -0.3 is 60.3 Å². The zero-order valence-corrected chi connectivity index (χ0v) is 29.1. The number of ether oxygens (including phenoxy) is 1. The third-order valence-corrected chi connectivity index (χ3v) is 9.90. The highest BCUT2D eigenvalue weighted by Crippen LogP contribution is 2.60. The Bertz CT molecular complexity index is 1150. The van der Waals surface area contributed by atoms with Crippen molar-refractivity contribution in [3.63, 3.8) is 0 Å². The number of alkyl halides is 2. The molecule has 47 heavy (non-hydrogen) atoms. The molecule has 0 heterocycles. The average Bonchev–Trinajstić information content (AvgIpc) is 3.33. The number of phosphoric acid groups is 1. The summed E-state index contributed by atoms with van der Waals surface area (Å²) in [7, 11) is -3.06. The van der Waals surface area contributed by atoms with Crippen LogP contribution in [0.4, 0.5) is 4.79 Å². The van der Waals surface area contributed by atoms with Crippen LogP contribution in [0.25, 0.3) is 0 Å². The number of aryl methyl sites for hydroxylation is 1. The van der Waals surface area contributed by atoms with E-state index in [4.69, 9.17) is 67.6 Å². The largest absolute Gasteiger partial charge is 0.466 e. The van der Waals surface area contributed by atoms with E-state index in [2.05, 4.69) is 18.3 Å². The maximum atomic E-state index is 12.4. The van der Waals surface area contributed by atoms with Gasteiger partial charge in [0, 0.05) is 31.4 Å². The van der Waals surface area contributed by atoms with Gasteiger partial charge in [-0.2, -0.15) is 0 Å². The number of carbonyl (C=O) groups excluding carboxylic acids is 1. The summed E-state index contributed by atoms with van der Waals surface area (Å²) in [5.74, 6) is 3.16. The Morgan fingerprint density at radius 1 is 1.04 bits per heavy atom. The van der Waals surface area contributed by atoms with Crippen molar-refractivity contribution in [1.82, 2.24) is 10.2 Å². The van der Waals surface area contributed by atoms with Gasteiger partial charge in [0.1, 0.15) is 24.1 Å². The van der Waals surface area contributed by atoms with Gasteiger partial charge in [0.2, 0.25) is 0 Å². The van der Waals surface area contributed by atoms with Gasteiger partial charge in [-0.1, -0.05) is 13.0 Å². The molecule has 10 N–H and O–H groups in total. The number of hydrogen-bond donors (Lipinski definition) is 10. The third kappa shape index (κ3) is 12.0. The number of likely N-dealkylation sites (N-methyl/N-ethyl adjacent to an activating group) is 1. The van der Waals surface area contributed by atoms with Crippen LogP contribution in [0, 0.1) is 17.3 Å². The fraction of sp³-hybridized carbons (Fsp3) is 0.767. The van der Waals surface area contributed by atoms with Crippen LogP contribution in [0.3, 0.4) is 0 Å². The Labute approximate surface area is 285 Å².